The molecule has 4 rings (SSSR count). The molecule has 0 unspecified atom stereocenters. The third kappa shape index (κ3) is 5.14. The minimum Gasteiger partial charge on any atom is -0.325 e. The van der Waals surface area contributed by atoms with Crippen LogP contribution >= 0.6 is 0 Å². The van der Waals surface area contributed by atoms with Gasteiger partial charge in [0.2, 0.25) is 11.8 Å². The summed E-state index contributed by atoms with van der Waals surface area (Å²) in [6.07, 6.45) is 0.307. The molecular weight excluding hydrogens is 440 g/mol. The first kappa shape index (κ1) is 23.9. The van der Waals surface area contributed by atoms with Crippen molar-refractivity contribution in [2.75, 3.05) is 10.6 Å². The normalized spacial score (nSPS) is 10.9. The number of carbonyl (C=O) groups is 2. The molecule has 2 N–H and O–H groups in total. The first-order valence-corrected chi connectivity index (χ1v) is 11.5. The van der Waals surface area contributed by atoms with Gasteiger partial charge < -0.3 is 10.6 Å². The van der Waals surface area contributed by atoms with Gasteiger partial charge in [-0.15, -0.1) is 0 Å². The van der Waals surface area contributed by atoms with Crippen LogP contribution in [0.2, 0.25) is 0 Å². The Labute approximate surface area is 203 Å². The van der Waals surface area contributed by atoms with Crippen LogP contribution in [0.3, 0.4) is 0 Å². The van der Waals surface area contributed by atoms with Crippen LogP contribution in [0.5, 0.6) is 0 Å². The number of para-hydroxylation sites is 2. The number of nitrogens with zero attached hydrogens (tertiary/aromatic N) is 2. The summed E-state index contributed by atoms with van der Waals surface area (Å²) in [7, 11) is 0. The predicted octanol–water partition coefficient (Wildman–Crippen LogP) is 4.98. The van der Waals surface area contributed by atoms with Crippen LogP contribution in [-0.4, -0.2) is 21.4 Å². The lowest BCUT2D eigenvalue weighted by atomic mass is 10.1. The summed E-state index contributed by atoms with van der Waals surface area (Å²) in [5.41, 5.74) is 5.73. The lowest BCUT2D eigenvalue weighted by molar-refractivity contribution is -0.117. The number of aryl methyl sites for hydroxylation is 3. The summed E-state index contributed by atoms with van der Waals surface area (Å²) in [6, 6.07) is 18.4. The van der Waals surface area contributed by atoms with Gasteiger partial charge in [0.25, 0.3) is 5.56 Å². The fourth-order valence-corrected chi connectivity index (χ4v) is 3.89. The number of aromatic nitrogens is 2. The molecule has 1 aromatic heterocycles. The second-order valence-electron chi connectivity index (χ2n) is 8.64. The Balaban J connectivity index is 1.80. The maximum atomic E-state index is 13.7. The summed E-state index contributed by atoms with van der Waals surface area (Å²) < 4.78 is 1.43. The Bertz CT molecular complexity index is 1500. The fourth-order valence-electron chi connectivity index (χ4n) is 3.89. The third-order valence-electron chi connectivity index (χ3n) is 5.97. The van der Waals surface area contributed by atoms with E-state index in [1.165, 1.54) is 4.57 Å². The van der Waals surface area contributed by atoms with Gasteiger partial charge in [0.1, 0.15) is 12.2 Å². The van der Waals surface area contributed by atoms with Crippen molar-refractivity contribution in [1.29, 1.82) is 0 Å². The molecule has 7 heteroatoms. The largest absolute Gasteiger partial charge is 0.325 e. The number of nitrogens with one attached hydrogen (secondary N) is 2. The zero-order valence-electron chi connectivity index (χ0n) is 20.3. The summed E-state index contributed by atoms with van der Waals surface area (Å²) in [6.45, 7) is 7.48. The van der Waals surface area contributed by atoms with E-state index >= 15 is 0 Å². The molecular formula is C28H28N4O3. The van der Waals surface area contributed by atoms with Gasteiger partial charge in [-0.3, -0.25) is 19.0 Å². The maximum Gasteiger partial charge on any atom is 0.278 e. The molecule has 2 amide bonds. The minimum absolute atomic E-state index is 0.163. The molecule has 0 radical (unpaired) electrons. The third-order valence-corrected chi connectivity index (χ3v) is 5.97. The smallest absolute Gasteiger partial charge is 0.278 e. The SMILES string of the molecule is CCC(=O)Nc1ccc(C)cc1-c1nc2ccccc2n(CC(=O)Nc2ccc(C)c(C)c2)c1=O. The molecule has 35 heavy (non-hydrogen) atoms. The van der Waals surface area contributed by atoms with Crippen LogP contribution in [0.4, 0.5) is 11.4 Å². The number of rotatable bonds is 6. The number of benzene rings is 3. The average Bonchev–Trinajstić information content (AvgIpc) is 2.84. The number of carbonyl (C=O) groups excluding carboxylic acids is 2. The number of fused-ring (bicyclic) bond motifs is 1. The zero-order valence-corrected chi connectivity index (χ0v) is 20.3. The van der Waals surface area contributed by atoms with Gasteiger partial charge in [0, 0.05) is 17.7 Å². The van der Waals surface area contributed by atoms with E-state index in [9.17, 15) is 14.4 Å². The molecule has 0 spiro atoms. The van der Waals surface area contributed by atoms with Crippen molar-refractivity contribution in [2.45, 2.75) is 40.7 Å². The minimum atomic E-state index is -0.406. The second-order valence-corrected chi connectivity index (χ2v) is 8.64. The highest BCUT2D eigenvalue weighted by molar-refractivity contribution is 5.96. The molecule has 0 aliphatic carbocycles. The van der Waals surface area contributed by atoms with E-state index in [4.69, 9.17) is 0 Å². The Kier molecular flexibility index (Phi) is 6.78. The highest BCUT2D eigenvalue weighted by atomic mass is 16.2. The summed E-state index contributed by atoms with van der Waals surface area (Å²) in [5, 5.41) is 5.75. The maximum absolute atomic E-state index is 13.7. The predicted molar refractivity (Wildman–Crippen MR) is 140 cm³/mol. The van der Waals surface area contributed by atoms with Crippen LogP contribution in [-0.2, 0) is 16.1 Å². The lowest BCUT2D eigenvalue weighted by Gasteiger charge is -2.15. The van der Waals surface area contributed by atoms with E-state index in [0.29, 0.717) is 34.4 Å². The molecule has 0 fully saturated rings. The summed E-state index contributed by atoms with van der Waals surface area (Å²) >= 11 is 0. The van der Waals surface area contributed by atoms with Gasteiger partial charge in [0.15, 0.2) is 0 Å². The van der Waals surface area contributed by atoms with Crippen molar-refractivity contribution in [3.63, 3.8) is 0 Å². The van der Waals surface area contributed by atoms with Gasteiger partial charge in [-0.05, 0) is 68.3 Å². The molecule has 3 aromatic carbocycles. The number of anilines is 2. The Hall–Kier alpha value is -4.26. The second kappa shape index (κ2) is 9.93. The van der Waals surface area contributed by atoms with Crippen molar-refractivity contribution in [1.82, 2.24) is 9.55 Å². The van der Waals surface area contributed by atoms with Crippen LogP contribution in [0.15, 0.2) is 65.5 Å². The molecule has 0 atom stereocenters. The topological polar surface area (TPSA) is 93.1 Å². The van der Waals surface area contributed by atoms with E-state index < -0.39 is 5.56 Å². The van der Waals surface area contributed by atoms with Gasteiger partial charge in [-0.25, -0.2) is 4.98 Å². The van der Waals surface area contributed by atoms with Crippen molar-refractivity contribution < 1.29 is 9.59 Å². The lowest BCUT2D eigenvalue weighted by Crippen LogP contribution is -2.30. The van der Waals surface area contributed by atoms with Crippen LogP contribution in [0.25, 0.3) is 22.3 Å². The molecule has 0 aliphatic heterocycles. The highest BCUT2D eigenvalue weighted by Gasteiger charge is 2.18. The Morgan fingerprint density at radius 3 is 2.40 bits per heavy atom. The van der Waals surface area contributed by atoms with Gasteiger partial charge in [0.05, 0.1) is 16.7 Å². The molecule has 4 aromatic rings. The van der Waals surface area contributed by atoms with Gasteiger partial charge >= 0.3 is 0 Å². The molecule has 1 heterocycles. The summed E-state index contributed by atoms with van der Waals surface area (Å²) in [5.74, 6) is -0.481. The van der Waals surface area contributed by atoms with Crippen LogP contribution in [0, 0.1) is 20.8 Å². The number of amides is 2. The fraction of sp³-hybridized carbons (Fsp3) is 0.214. The van der Waals surface area contributed by atoms with E-state index in [1.807, 2.05) is 57.2 Å². The van der Waals surface area contributed by atoms with Crippen molar-refractivity contribution >= 4 is 34.2 Å². The van der Waals surface area contributed by atoms with Crippen LogP contribution < -0.4 is 16.2 Å². The monoisotopic (exact) mass is 468 g/mol. The van der Waals surface area contributed by atoms with Gasteiger partial charge in [-0.1, -0.05) is 36.8 Å². The Morgan fingerprint density at radius 1 is 0.886 bits per heavy atom. The molecule has 0 aliphatic rings. The number of hydrogen-bond donors (Lipinski definition) is 2. The van der Waals surface area contributed by atoms with Crippen molar-refractivity contribution in [2.24, 2.45) is 0 Å². The van der Waals surface area contributed by atoms with Crippen LogP contribution in [0.1, 0.15) is 30.0 Å². The van der Waals surface area contributed by atoms with E-state index in [-0.39, 0.29) is 24.1 Å². The Morgan fingerprint density at radius 2 is 1.66 bits per heavy atom. The molecule has 0 saturated carbocycles. The molecule has 0 bridgehead atoms. The first-order chi connectivity index (χ1) is 16.8. The summed E-state index contributed by atoms with van der Waals surface area (Å²) in [4.78, 5) is 43.4. The highest BCUT2D eigenvalue weighted by Crippen LogP contribution is 2.27. The van der Waals surface area contributed by atoms with Crippen molar-refractivity contribution in [3.05, 3.63) is 87.7 Å². The zero-order chi connectivity index (χ0) is 25.1. The van der Waals surface area contributed by atoms with E-state index in [2.05, 4.69) is 15.6 Å². The quantitative estimate of drug-likeness (QED) is 0.418. The first-order valence-electron chi connectivity index (χ1n) is 11.5. The number of hydrogen-bond acceptors (Lipinski definition) is 4. The van der Waals surface area contributed by atoms with E-state index in [1.54, 1.807) is 31.2 Å². The molecule has 178 valence electrons. The molecule has 7 nitrogen and oxygen atoms in total. The van der Waals surface area contributed by atoms with Crippen molar-refractivity contribution in [3.8, 4) is 11.3 Å². The average molecular weight is 469 g/mol. The standard InChI is InChI=1S/C28H28N4O3/c1-5-25(33)30-22-13-10-17(2)14-21(22)27-28(35)32(24-9-7-6-8-23(24)31-27)16-26(34)29-20-12-11-18(3)19(4)15-20/h6-15H,5,16H2,1-4H3,(H,29,34)(H,30,33). The van der Waals surface area contributed by atoms with E-state index in [0.717, 1.165) is 16.7 Å². The molecule has 0 saturated heterocycles. The van der Waals surface area contributed by atoms with Gasteiger partial charge in [-0.2, -0.15) is 0 Å².